The fourth-order valence-electron chi connectivity index (χ4n) is 4.35. The van der Waals surface area contributed by atoms with Gasteiger partial charge in [-0.2, -0.15) is 5.10 Å². The van der Waals surface area contributed by atoms with E-state index < -0.39 is 5.82 Å². The predicted molar refractivity (Wildman–Crippen MR) is 144 cm³/mol. The Morgan fingerprint density at radius 2 is 2.03 bits per heavy atom. The molecular weight excluding hydrogens is 489 g/mol. The van der Waals surface area contributed by atoms with Crippen molar-refractivity contribution < 1.29 is 9.18 Å². The van der Waals surface area contributed by atoms with E-state index in [1.807, 2.05) is 19.1 Å². The van der Waals surface area contributed by atoms with Gasteiger partial charge in [-0.1, -0.05) is 6.92 Å². The third-order valence-corrected chi connectivity index (χ3v) is 7.11. The molecule has 184 valence electrons. The van der Waals surface area contributed by atoms with Crippen LogP contribution in [0, 0.1) is 12.7 Å². The highest BCUT2D eigenvalue weighted by Crippen LogP contribution is 2.35. The lowest BCUT2D eigenvalue weighted by molar-refractivity contribution is -0.116. The maximum absolute atomic E-state index is 15.2. The number of amides is 1. The number of hydrogen-bond donors (Lipinski definition) is 3. The van der Waals surface area contributed by atoms with Crippen LogP contribution < -0.4 is 5.32 Å². The molecule has 1 amide bonds. The molecule has 0 radical (unpaired) electrons. The van der Waals surface area contributed by atoms with Crippen LogP contribution in [0.3, 0.4) is 0 Å². The zero-order chi connectivity index (χ0) is 25.5. The van der Waals surface area contributed by atoms with Crippen LogP contribution in [0.4, 0.5) is 10.1 Å². The quantitative estimate of drug-likeness (QED) is 0.237. The van der Waals surface area contributed by atoms with Crippen molar-refractivity contribution in [2.75, 3.05) is 5.32 Å². The van der Waals surface area contributed by atoms with Crippen molar-refractivity contribution in [1.82, 2.24) is 30.1 Å². The lowest BCUT2D eigenvalue weighted by Crippen LogP contribution is -2.10. The van der Waals surface area contributed by atoms with Crippen LogP contribution >= 0.6 is 11.3 Å². The summed E-state index contributed by atoms with van der Waals surface area (Å²) in [5, 5.41) is 10.6. The minimum Gasteiger partial charge on any atom is -0.335 e. The number of hydrogen-bond acceptors (Lipinski definition) is 6. The fourth-order valence-corrected chi connectivity index (χ4v) is 5.25. The molecule has 0 unspecified atom stereocenters. The number of nitrogens with one attached hydrogen (secondary N) is 3. The number of pyridine rings is 2. The lowest BCUT2D eigenvalue weighted by atomic mass is 10.0. The van der Waals surface area contributed by atoms with Crippen LogP contribution in [0.25, 0.3) is 55.2 Å². The third kappa shape index (κ3) is 4.25. The number of carbonyl (C=O) groups is 1. The number of H-pyrrole nitrogens is 2. The number of benzene rings is 1. The molecule has 0 aliphatic heterocycles. The van der Waals surface area contributed by atoms with E-state index in [1.165, 1.54) is 10.9 Å². The van der Waals surface area contributed by atoms with Crippen molar-refractivity contribution in [3.05, 3.63) is 65.7 Å². The normalized spacial score (nSPS) is 11.4. The second kappa shape index (κ2) is 9.21. The first-order valence-corrected chi connectivity index (χ1v) is 12.7. The van der Waals surface area contributed by atoms with Crippen molar-refractivity contribution in [2.24, 2.45) is 0 Å². The highest BCUT2D eigenvalue weighted by atomic mass is 32.1. The van der Waals surface area contributed by atoms with Gasteiger partial charge >= 0.3 is 0 Å². The summed E-state index contributed by atoms with van der Waals surface area (Å²) in [5.74, 6) is -0.0452. The molecule has 3 N–H and O–H groups in total. The third-order valence-electron chi connectivity index (χ3n) is 6.08. The Morgan fingerprint density at radius 3 is 2.84 bits per heavy atom. The van der Waals surface area contributed by atoms with E-state index in [2.05, 4.69) is 54.5 Å². The van der Waals surface area contributed by atoms with Crippen LogP contribution in [0.1, 0.15) is 24.6 Å². The van der Waals surface area contributed by atoms with Gasteiger partial charge in [-0.05, 0) is 55.3 Å². The second-order valence-electron chi connectivity index (χ2n) is 8.77. The Kier molecular flexibility index (Phi) is 5.72. The van der Waals surface area contributed by atoms with E-state index in [0.717, 1.165) is 22.4 Å². The predicted octanol–water partition coefficient (Wildman–Crippen LogP) is 6.48. The summed E-state index contributed by atoms with van der Waals surface area (Å²) in [7, 11) is 0. The summed E-state index contributed by atoms with van der Waals surface area (Å²) >= 11 is 1.70. The molecule has 6 aromatic rings. The summed E-state index contributed by atoms with van der Waals surface area (Å²) in [6, 6.07) is 11.2. The average molecular weight is 512 g/mol. The lowest BCUT2D eigenvalue weighted by Gasteiger charge is -2.07. The molecule has 0 fully saturated rings. The van der Waals surface area contributed by atoms with E-state index in [0.29, 0.717) is 45.8 Å². The number of halogens is 1. The minimum absolute atomic E-state index is 0.0872. The SMILES string of the molecule is CCCC(=O)Nc1cncc(-c2cc(F)c3n[nH]c(-c4nc5nccc(-c6ccc(C)s6)c5[nH]4)c3c2)c1. The molecule has 6 rings (SSSR count). The molecule has 0 atom stereocenters. The van der Waals surface area contributed by atoms with Crippen molar-refractivity contribution in [3.8, 4) is 33.1 Å². The van der Waals surface area contributed by atoms with Gasteiger partial charge in [0.2, 0.25) is 5.91 Å². The first kappa shape index (κ1) is 23.0. The van der Waals surface area contributed by atoms with Gasteiger partial charge in [-0.25, -0.2) is 14.4 Å². The summed E-state index contributed by atoms with van der Waals surface area (Å²) in [6.45, 7) is 4.01. The Bertz CT molecular complexity index is 1780. The molecule has 0 bridgehead atoms. The van der Waals surface area contributed by atoms with Gasteiger partial charge in [-0.15, -0.1) is 11.3 Å². The molecule has 5 aromatic heterocycles. The maximum atomic E-state index is 15.2. The van der Waals surface area contributed by atoms with Crippen LogP contribution in [0.15, 0.2) is 55.0 Å². The number of carbonyl (C=O) groups excluding carboxylic acids is 1. The van der Waals surface area contributed by atoms with Crippen molar-refractivity contribution in [3.63, 3.8) is 0 Å². The number of thiophene rings is 1. The van der Waals surface area contributed by atoms with E-state index >= 15 is 4.39 Å². The number of imidazole rings is 1. The maximum Gasteiger partial charge on any atom is 0.224 e. The topological polar surface area (TPSA) is 112 Å². The minimum atomic E-state index is -0.473. The smallest absolute Gasteiger partial charge is 0.224 e. The molecular formula is C27H22FN7OS. The van der Waals surface area contributed by atoms with E-state index in [1.54, 1.807) is 36.0 Å². The van der Waals surface area contributed by atoms with Gasteiger partial charge < -0.3 is 10.3 Å². The van der Waals surface area contributed by atoms with E-state index in [4.69, 9.17) is 0 Å². The molecule has 0 saturated heterocycles. The van der Waals surface area contributed by atoms with Crippen molar-refractivity contribution in [2.45, 2.75) is 26.7 Å². The first-order valence-electron chi connectivity index (χ1n) is 11.8. The Balaban J connectivity index is 1.43. The summed E-state index contributed by atoms with van der Waals surface area (Å²) in [4.78, 5) is 31.1. The van der Waals surface area contributed by atoms with Crippen LogP contribution in [-0.2, 0) is 4.79 Å². The molecule has 37 heavy (non-hydrogen) atoms. The monoisotopic (exact) mass is 511 g/mol. The molecule has 8 nitrogen and oxygen atoms in total. The second-order valence-corrected chi connectivity index (χ2v) is 10.1. The molecule has 0 aliphatic carbocycles. The Hall–Kier alpha value is -4.44. The van der Waals surface area contributed by atoms with Gasteiger partial charge in [-0.3, -0.25) is 14.9 Å². The fraction of sp³-hybridized carbons (Fsp3) is 0.148. The number of aromatic amines is 2. The van der Waals surface area contributed by atoms with E-state index in [-0.39, 0.29) is 11.4 Å². The van der Waals surface area contributed by atoms with Crippen LogP contribution in [-0.4, -0.2) is 36.0 Å². The molecule has 1 aromatic carbocycles. The van der Waals surface area contributed by atoms with Gasteiger partial charge in [0, 0.05) is 45.1 Å². The number of nitrogens with zero attached hydrogens (tertiary/aromatic N) is 4. The summed E-state index contributed by atoms with van der Waals surface area (Å²) < 4.78 is 15.2. The average Bonchev–Trinajstić information content (AvgIpc) is 3.61. The Labute approximate surface area is 215 Å². The zero-order valence-corrected chi connectivity index (χ0v) is 20.9. The van der Waals surface area contributed by atoms with Crippen molar-refractivity contribution in [1.29, 1.82) is 0 Å². The number of rotatable bonds is 6. The Morgan fingerprint density at radius 1 is 1.14 bits per heavy atom. The van der Waals surface area contributed by atoms with Gasteiger partial charge in [0.25, 0.3) is 0 Å². The first-order chi connectivity index (χ1) is 18.0. The molecule has 0 aliphatic rings. The molecule has 0 spiro atoms. The summed E-state index contributed by atoms with van der Waals surface area (Å²) in [6.07, 6.45) is 6.11. The number of aryl methyl sites for hydroxylation is 1. The zero-order valence-electron chi connectivity index (χ0n) is 20.1. The molecule has 5 heterocycles. The van der Waals surface area contributed by atoms with Crippen LogP contribution in [0.2, 0.25) is 0 Å². The summed E-state index contributed by atoms with van der Waals surface area (Å²) in [5.41, 5.74) is 4.98. The number of fused-ring (bicyclic) bond motifs is 2. The van der Waals surface area contributed by atoms with Gasteiger partial charge in [0.05, 0.1) is 17.4 Å². The standard InChI is InChI=1S/C27H22FN7OS/c1-3-4-22(36)31-17-9-16(12-29-13-17)15-10-19-23(20(28)11-15)34-35-25(19)27-32-24-18(7-8-30-26(24)33-27)21-6-5-14(2)37-21/h5-13H,3-4H2,1-2H3,(H,31,36)(H,34,35)(H,30,32,33). The van der Waals surface area contributed by atoms with Gasteiger partial charge in [0.15, 0.2) is 17.3 Å². The largest absolute Gasteiger partial charge is 0.335 e. The van der Waals surface area contributed by atoms with E-state index in [9.17, 15) is 4.79 Å². The molecule has 0 saturated carbocycles. The number of anilines is 1. The van der Waals surface area contributed by atoms with Crippen molar-refractivity contribution >= 4 is 45.0 Å². The van der Waals surface area contributed by atoms with Crippen LogP contribution in [0.5, 0.6) is 0 Å². The van der Waals surface area contributed by atoms with Gasteiger partial charge in [0.1, 0.15) is 11.2 Å². The molecule has 10 heteroatoms. The highest BCUT2D eigenvalue weighted by molar-refractivity contribution is 7.15. The highest BCUT2D eigenvalue weighted by Gasteiger charge is 2.19. The number of aromatic nitrogens is 6.